The van der Waals surface area contributed by atoms with Gasteiger partial charge in [-0.2, -0.15) is 0 Å². The Bertz CT molecular complexity index is 890. The summed E-state index contributed by atoms with van der Waals surface area (Å²) in [5, 5.41) is 0. The fraction of sp³-hybridized carbons (Fsp3) is 0.500. The normalized spacial score (nSPS) is 19.0. The van der Waals surface area contributed by atoms with Crippen LogP contribution in [-0.4, -0.2) is 65.7 Å². The van der Waals surface area contributed by atoms with Crippen molar-refractivity contribution < 1.29 is 9.18 Å². The van der Waals surface area contributed by atoms with Crippen LogP contribution in [0.3, 0.4) is 0 Å². The molecule has 33 heavy (non-hydrogen) atoms. The first-order valence-corrected chi connectivity index (χ1v) is 12.6. The summed E-state index contributed by atoms with van der Waals surface area (Å²) in [6.07, 6.45) is 2.52. The third-order valence-electron chi connectivity index (χ3n) is 6.35. The molecule has 0 aliphatic carbocycles. The van der Waals surface area contributed by atoms with Crippen LogP contribution in [0.4, 0.5) is 10.1 Å². The third-order valence-corrected chi connectivity index (χ3v) is 7.82. The highest BCUT2D eigenvalue weighted by molar-refractivity contribution is 7.98. The highest BCUT2D eigenvalue weighted by atomic mass is 32.2. The van der Waals surface area contributed by atoms with Gasteiger partial charge in [-0.3, -0.25) is 4.79 Å². The van der Waals surface area contributed by atoms with E-state index >= 15 is 0 Å². The number of nitrogens with two attached hydrogens (primary N) is 1. The number of benzene rings is 2. The fourth-order valence-corrected chi connectivity index (χ4v) is 5.67. The van der Waals surface area contributed by atoms with Gasteiger partial charge < -0.3 is 15.5 Å². The maximum absolute atomic E-state index is 14.7. The lowest BCUT2D eigenvalue weighted by atomic mass is 9.98. The Labute approximate surface area is 202 Å². The molecule has 7 heteroatoms. The Hall–Kier alpha value is -2.09. The molecule has 5 nitrogen and oxygen atoms in total. The summed E-state index contributed by atoms with van der Waals surface area (Å²) in [5.41, 5.74) is 7.07. The van der Waals surface area contributed by atoms with Gasteiger partial charge in [0, 0.05) is 49.1 Å². The van der Waals surface area contributed by atoms with Crippen molar-refractivity contribution in [1.29, 1.82) is 0 Å². The van der Waals surface area contributed by atoms with E-state index in [2.05, 4.69) is 51.7 Å². The van der Waals surface area contributed by atoms with Crippen molar-refractivity contribution in [3.63, 3.8) is 0 Å². The molecule has 2 N–H and O–H groups in total. The molecule has 0 atom stereocenters. The Balaban J connectivity index is 0.000000709. The number of hydrogen-bond donors (Lipinski definition) is 1. The number of amides is 1. The fourth-order valence-electron chi connectivity index (χ4n) is 4.34. The molecule has 4 rings (SSSR count). The first-order valence-electron chi connectivity index (χ1n) is 11.8. The van der Waals surface area contributed by atoms with E-state index in [1.54, 1.807) is 6.07 Å². The molecule has 1 amide bonds. The minimum atomic E-state index is -0.333. The maximum atomic E-state index is 14.7. The number of nitrogens with zero attached hydrogens (tertiary/aromatic N) is 3. The Morgan fingerprint density at radius 3 is 2.18 bits per heavy atom. The lowest BCUT2D eigenvalue weighted by Crippen LogP contribution is -2.47. The number of halogens is 1. The summed E-state index contributed by atoms with van der Waals surface area (Å²) in [4.78, 5) is 14.1. The van der Waals surface area contributed by atoms with Crippen LogP contribution in [0.5, 0.6) is 0 Å². The van der Waals surface area contributed by atoms with Crippen molar-refractivity contribution in [1.82, 2.24) is 9.21 Å². The molecule has 2 aliphatic heterocycles. The van der Waals surface area contributed by atoms with Gasteiger partial charge in [-0.15, -0.1) is 0 Å². The standard InChI is InChI=1S/C24H32FN3S.C2H5NO/c1-3-26-13-11-24(2,12-14-26)29-28-17-15-27(16-18-28)21-9-10-22(23(25)19-21)20-7-5-4-6-8-20;1-2(3)4/h4-10,19H,3,11-18H2,1-2H3;1H3,(H2,3,4). The second kappa shape index (κ2) is 11.9. The van der Waals surface area contributed by atoms with Crippen LogP contribution in [-0.2, 0) is 4.79 Å². The van der Waals surface area contributed by atoms with E-state index in [0.717, 1.165) is 37.4 Å². The molecular formula is C26H37FN4OS. The zero-order valence-electron chi connectivity index (χ0n) is 20.1. The first kappa shape index (κ1) is 25.5. The largest absolute Gasteiger partial charge is 0.370 e. The van der Waals surface area contributed by atoms with Crippen molar-refractivity contribution >= 4 is 23.5 Å². The summed E-state index contributed by atoms with van der Waals surface area (Å²) >= 11 is 2.06. The van der Waals surface area contributed by atoms with E-state index in [1.165, 1.54) is 39.4 Å². The molecule has 180 valence electrons. The van der Waals surface area contributed by atoms with Gasteiger partial charge >= 0.3 is 0 Å². The van der Waals surface area contributed by atoms with Crippen LogP contribution in [0.15, 0.2) is 48.5 Å². The second-order valence-electron chi connectivity index (χ2n) is 9.03. The van der Waals surface area contributed by atoms with Gasteiger partial charge in [0.15, 0.2) is 0 Å². The summed E-state index contributed by atoms with van der Waals surface area (Å²) in [6, 6.07) is 15.5. The van der Waals surface area contributed by atoms with Crippen LogP contribution in [0.1, 0.15) is 33.6 Å². The van der Waals surface area contributed by atoms with Crippen LogP contribution < -0.4 is 10.6 Å². The summed E-state index contributed by atoms with van der Waals surface area (Å²) < 4.78 is 17.6. The van der Waals surface area contributed by atoms with E-state index in [1.807, 2.05) is 36.4 Å². The molecule has 0 spiro atoms. The van der Waals surface area contributed by atoms with Gasteiger partial charge in [-0.1, -0.05) is 49.2 Å². The molecule has 0 aromatic heterocycles. The number of carbonyl (C=O) groups is 1. The first-order chi connectivity index (χ1) is 15.8. The topological polar surface area (TPSA) is 52.8 Å². The van der Waals surface area contributed by atoms with Crippen LogP contribution >= 0.6 is 11.9 Å². The highest BCUT2D eigenvalue weighted by Crippen LogP contribution is 2.38. The van der Waals surface area contributed by atoms with Gasteiger partial charge in [0.2, 0.25) is 5.91 Å². The number of carbonyl (C=O) groups excluding carboxylic acids is 1. The monoisotopic (exact) mass is 472 g/mol. The molecule has 2 aromatic carbocycles. The van der Waals surface area contributed by atoms with E-state index in [9.17, 15) is 9.18 Å². The van der Waals surface area contributed by atoms with Crippen molar-refractivity contribution in [2.75, 3.05) is 50.7 Å². The maximum Gasteiger partial charge on any atom is 0.214 e. The minimum Gasteiger partial charge on any atom is -0.370 e. The van der Waals surface area contributed by atoms with Gasteiger partial charge in [-0.25, -0.2) is 8.70 Å². The third kappa shape index (κ3) is 7.45. The number of piperazine rings is 1. The van der Waals surface area contributed by atoms with Crippen molar-refractivity contribution in [3.05, 3.63) is 54.3 Å². The van der Waals surface area contributed by atoms with Crippen LogP contribution in [0, 0.1) is 5.82 Å². The Kier molecular flexibility index (Phi) is 9.18. The lowest BCUT2D eigenvalue weighted by Gasteiger charge is -2.43. The Morgan fingerprint density at radius 1 is 1.03 bits per heavy atom. The minimum absolute atomic E-state index is 0.138. The SMILES string of the molecule is CC(N)=O.CCN1CCC(C)(SN2CCN(c3ccc(-c4ccccc4)c(F)c3)CC2)CC1. The van der Waals surface area contributed by atoms with Crippen molar-refractivity contribution in [3.8, 4) is 11.1 Å². The van der Waals surface area contributed by atoms with Crippen LogP contribution in [0.2, 0.25) is 0 Å². The van der Waals surface area contributed by atoms with Crippen LogP contribution in [0.25, 0.3) is 11.1 Å². The second-order valence-corrected chi connectivity index (χ2v) is 10.7. The van der Waals surface area contributed by atoms with Gasteiger partial charge in [0.25, 0.3) is 0 Å². The molecular weight excluding hydrogens is 435 g/mol. The van der Waals surface area contributed by atoms with Gasteiger partial charge in [0.1, 0.15) is 5.82 Å². The van der Waals surface area contributed by atoms with E-state index in [0.29, 0.717) is 10.3 Å². The van der Waals surface area contributed by atoms with Crippen molar-refractivity contribution in [2.24, 2.45) is 5.73 Å². The zero-order valence-corrected chi connectivity index (χ0v) is 20.9. The summed E-state index contributed by atoms with van der Waals surface area (Å²) in [7, 11) is 0. The number of likely N-dealkylation sites (tertiary alicyclic amines) is 1. The number of anilines is 1. The van der Waals surface area contributed by atoms with Gasteiger partial charge in [-0.05, 0) is 63.2 Å². The number of rotatable bonds is 5. The average molecular weight is 473 g/mol. The molecule has 0 saturated carbocycles. The summed E-state index contributed by atoms with van der Waals surface area (Å²) in [5.74, 6) is -0.472. The number of piperidine rings is 1. The molecule has 2 aromatic rings. The van der Waals surface area contributed by atoms with Crippen molar-refractivity contribution in [2.45, 2.75) is 38.4 Å². The smallest absolute Gasteiger partial charge is 0.214 e. The number of hydrogen-bond acceptors (Lipinski definition) is 5. The molecule has 2 saturated heterocycles. The van der Waals surface area contributed by atoms with Gasteiger partial charge in [0.05, 0.1) is 0 Å². The predicted molar refractivity (Wildman–Crippen MR) is 138 cm³/mol. The van der Waals surface area contributed by atoms with E-state index in [-0.39, 0.29) is 11.7 Å². The average Bonchev–Trinajstić information content (AvgIpc) is 2.80. The number of primary amides is 1. The molecule has 0 bridgehead atoms. The quantitative estimate of drug-likeness (QED) is 0.643. The molecule has 2 aliphatic rings. The summed E-state index contributed by atoms with van der Waals surface area (Å²) in [6.45, 7) is 13.5. The van der Waals surface area contributed by atoms with E-state index in [4.69, 9.17) is 0 Å². The van der Waals surface area contributed by atoms with E-state index < -0.39 is 0 Å². The highest BCUT2D eigenvalue weighted by Gasteiger charge is 2.33. The zero-order chi connectivity index (χ0) is 23.8. The molecule has 0 radical (unpaired) electrons. The molecule has 0 unspecified atom stereocenters. The molecule has 2 fully saturated rings. The predicted octanol–water partition coefficient (Wildman–Crippen LogP) is 4.63. The molecule has 2 heterocycles. The Morgan fingerprint density at radius 2 is 1.64 bits per heavy atom. The lowest BCUT2D eigenvalue weighted by molar-refractivity contribution is -0.115.